The lowest BCUT2D eigenvalue weighted by Crippen LogP contribution is -2.42. The number of aliphatic hydroxyl groups is 1. The maximum atomic E-state index is 11.9. The number of hydrogen-bond donors (Lipinski definition) is 3. The maximum Gasteiger partial charge on any atom is 0.251 e. The highest BCUT2D eigenvalue weighted by Gasteiger charge is 2.15. The normalized spacial score (nSPS) is 12.8. The second-order valence-corrected chi connectivity index (χ2v) is 5.61. The van der Waals surface area contributed by atoms with E-state index in [0.717, 1.165) is 5.56 Å². The summed E-state index contributed by atoms with van der Waals surface area (Å²) in [5.74, 6) is -0.905. The summed E-state index contributed by atoms with van der Waals surface area (Å²) in [7, 11) is 0. The molecular weight excluding hydrogens is 256 g/mol. The first-order valence-corrected chi connectivity index (χ1v) is 6.60. The van der Waals surface area contributed by atoms with Gasteiger partial charge in [0.25, 0.3) is 5.91 Å². The number of primary amides is 1. The maximum absolute atomic E-state index is 11.9. The van der Waals surface area contributed by atoms with E-state index >= 15 is 0 Å². The molecule has 1 rings (SSSR count). The zero-order valence-corrected chi connectivity index (χ0v) is 12.1. The van der Waals surface area contributed by atoms with Gasteiger partial charge in [-0.2, -0.15) is 0 Å². The van der Waals surface area contributed by atoms with Crippen LogP contribution in [0.4, 0.5) is 0 Å². The molecule has 0 aliphatic carbocycles. The minimum absolute atomic E-state index is 0.332. The molecule has 0 saturated heterocycles. The first-order valence-electron chi connectivity index (χ1n) is 6.60. The number of benzene rings is 1. The molecule has 0 bridgehead atoms. The van der Waals surface area contributed by atoms with E-state index in [9.17, 15) is 14.7 Å². The Balaban J connectivity index is 2.72. The first-order chi connectivity index (χ1) is 9.19. The number of carbonyl (C=O) groups is 2. The van der Waals surface area contributed by atoms with Crippen LogP contribution in [0.3, 0.4) is 0 Å². The van der Waals surface area contributed by atoms with Gasteiger partial charge >= 0.3 is 0 Å². The lowest BCUT2D eigenvalue weighted by atomic mass is 9.98. The topological polar surface area (TPSA) is 92.4 Å². The number of hydrogen-bond acceptors (Lipinski definition) is 3. The average Bonchev–Trinajstić information content (AvgIpc) is 2.35. The van der Waals surface area contributed by atoms with Crippen molar-refractivity contribution in [3.8, 4) is 0 Å². The van der Waals surface area contributed by atoms with Crippen molar-refractivity contribution in [1.29, 1.82) is 0 Å². The van der Waals surface area contributed by atoms with Gasteiger partial charge in [-0.1, -0.05) is 12.1 Å². The summed E-state index contributed by atoms with van der Waals surface area (Å²) in [6, 6.07) is 6.41. The monoisotopic (exact) mass is 278 g/mol. The van der Waals surface area contributed by atoms with Gasteiger partial charge in [0, 0.05) is 5.56 Å². The second kappa shape index (κ2) is 6.52. The molecule has 0 saturated carbocycles. The lowest BCUT2D eigenvalue weighted by molar-refractivity contribution is -0.119. The molecule has 0 heterocycles. The van der Waals surface area contributed by atoms with Crippen LogP contribution in [-0.2, 0) is 11.2 Å². The first kappa shape index (κ1) is 16.2. The molecule has 2 amide bonds. The van der Waals surface area contributed by atoms with Crippen molar-refractivity contribution in [3.63, 3.8) is 0 Å². The molecule has 0 aliphatic heterocycles. The Labute approximate surface area is 119 Å². The Morgan fingerprint density at radius 2 is 2.05 bits per heavy atom. The Hall–Kier alpha value is -1.88. The summed E-state index contributed by atoms with van der Waals surface area (Å²) in [4.78, 5) is 22.9. The third-order valence-electron chi connectivity index (χ3n) is 2.99. The van der Waals surface area contributed by atoms with Crippen LogP contribution in [0.15, 0.2) is 24.3 Å². The summed E-state index contributed by atoms with van der Waals surface area (Å²) < 4.78 is 0. The van der Waals surface area contributed by atoms with Gasteiger partial charge in [-0.25, -0.2) is 0 Å². The lowest BCUT2D eigenvalue weighted by Gasteiger charge is -2.17. The number of rotatable bonds is 6. The van der Waals surface area contributed by atoms with E-state index < -0.39 is 17.6 Å². The molecule has 1 atom stereocenters. The largest absolute Gasteiger partial charge is 0.390 e. The molecule has 0 unspecified atom stereocenters. The smallest absolute Gasteiger partial charge is 0.251 e. The van der Waals surface area contributed by atoms with E-state index in [-0.39, 0.29) is 5.91 Å². The van der Waals surface area contributed by atoms with E-state index in [4.69, 9.17) is 5.73 Å². The molecule has 110 valence electrons. The summed E-state index contributed by atoms with van der Waals surface area (Å²) in [5.41, 5.74) is 5.81. The van der Waals surface area contributed by atoms with Gasteiger partial charge in [-0.05, 0) is 51.3 Å². The standard InChI is InChI=1S/C15H22N2O3/c1-10(13(16)18)17-14(19)12-6-4-5-11(9-12)7-8-15(2,3)20/h4-6,9-10,20H,7-8H2,1-3H3,(H2,16,18)(H,17,19)/t10-/m0/s1. The SMILES string of the molecule is C[C@H](NC(=O)c1cccc(CCC(C)(C)O)c1)C(N)=O. The fraction of sp³-hybridized carbons (Fsp3) is 0.467. The van der Waals surface area contributed by atoms with Gasteiger partial charge < -0.3 is 16.2 Å². The van der Waals surface area contributed by atoms with Crippen LogP contribution in [0.1, 0.15) is 43.1 Å². The van der Waals surface area contributed by atoms with Crippen LogP contribution in [0.5, 0.6) is 0 Å². The predicted octanol–water partition coefficient (Wildman–Crippen LogP) is 0.994. The van der Waals surface area contributed by atoms with Crippen molar-refractivity contribution in [1.82, 2.24) is 5.32 Å². The quantitative estimate of drug-likeness (QED) is 0.724. The van der Waals surface area contributed by atoms with Crippen LogP contribution in [0.25, 0.3) is 0 Å². The summed E-state index contributed by atoms with van der Waals surface area (Å²) >= 11 is 0. The molecule has 1 aromatic rings. The van der Waals surface area contributed by atoms with E-state index in [1.807, 2.05) is 6.07 Å². The Morgan fingerprint density at radius 1 is 1.40 bits per heavy atom. The number of aryl methyl sites for hydroxylation is 1. The van der Waals surface area contributed by atoms with Crippen LogP contribution in [-0.4, -0.2) is 28.6 Å². The molecule has 0 aromatic heterocycles. The van der Waals surface area contributed by atoms with Crippen molar-refractivity contribution < 1.29 is 14.7 Å². The van der Waals surface area contributed by atoms with Crippen LogP contribution >= 0.6 is 0 Å². The van der Waals surface area contributed by atoms with Gasteiger partial charge in [0.15, 0.2) is 0 Å². The van der Waals surface area contributed by atoms with Gasteiger partial charge in [-0.15, -0.1) is 0 Å². The molecule has 0 fully saturated rings. The Bertz CT molecular complexity index is 492. The van der Waals surface area contributed by atoms with E-state index in [1.165, 1.54) is 0 Å². The second-order valence-electron chi connectivity index (χ2n) is 5.61. The molecule has 1 aromatic carbocycles. The summed E-state index contributed by atoms with van der Waals surface area (Å²) in [6.45, 7) is 5.04. The van der Waals surface area contributed by atoms with Gasteiger partial charge in [-0.3, -0.25) is 9.59 Å². The van der Waals surface area contributed by atoms with Gasteiger partial charge in [0.05, 0.1) is 5.60 Å². The van der Waals surface area contributed by atoms with E-state index in [1.54, 1.807) is 39.0 Å². The minimum Gasteiger partial charge on any atom is -0.390 e. The van der Waals surface area contributed by atoms with Crippen LogP contribution in [0.2, 0.25) is 0 Å². The Morgan fingerprint density at radius 3 is 2.60 bits per heavy atom. The molecule has 5 nitrogen and oxygen atoms in total. The zero-order valence-electron chi connectivity index (χ0n) is 12.1. The third-order valence-corrected chi connectivity index (χ3v) is 2.99. The molecule has 0 radical (unpaired) electrons. The van der Waals surface area contributed by atoms with Crippen LogP contribution in [0, 0.1) is 0 Å². The minimum atomic E-state index is -0.737. The average molecular weight is 278 g/mol. The highest BCUT2D eigenvalue weighted by atomic mass is 16.3. The molecule has 0 spiro atoms. The highest BCUT2D eigenvalue weighted by molar-refractivity contribution is 5.97. The molecule has 4 N–H and O–H groups in total. The number of nitrogens with one attached hydrogen (secondary N) is 1. The zero-order chi connectivity index (χ0) is 15.3. The molecular formula is C15H22N2O3. The van der Waals surface area contributed by atoms with Crippen LogP contribution < -0.4 is 11.1 Å². The van der Waals surface area contributed by atoms with Crippen molar-refractivity contribution >= 4 is 11.8 Å². The van der Waals surface area contributed by atoms with Crippen molar-refractivity contribution in [3.05, 3.63) is 35.4 Å². The molecule has 20 heavy (non-hydrogen) atoms. The fourth-order valence-corrected chi connectivity index (χ4v) is 1.67. The van der Waals surface area contributed by atoms with Gasteiger partial charge in [0.1, 0.15) is 6.04 Å². The highest BCUT2D eigenvalue weighted by Crippen LogP contribution is 2.14. The molecule has 0 aliphatic rings. The fourth-order valence-electron chi connectivity index (χ4n) is 1.67. The number of amides is 2. The third kappa shape index (κ3) is 5.40. The number of carbonyl (C=O) groups excluding carboxylic acids is 2. The van der Waals surface area contributed by atoms with E-state index in [0.29, 0.717) is 18.4 Å². The predicted molar refractivity (Wildman–Crippen MR) is 77.2 cm³/mol. The van der Waals surface area contributed by atoms with E-state index in [2.05, 4.69) is 5.32 Å². The Kier molecular flexibility index (Phi) is 5.27. The van der Waals surface area contributed by atoms with Gasteiger partial charge in [0.2, 0.25) is 5.91 Å². The summed E-state index contributed by atoms with van der Waals surface area (Å²) in [6.07, 6.45) is 1.28. The summed E-state index contributed by atoms with van der Waals surface area (Å²) in [5, 5.41) is 12.2. The van der Waals surface area contributed by atoms with Crippen molar-refractivity contribution in [2.45, 2.75) is 45.3 Å². The molecule has 5 heteroatoms. The number of nitrogens with two attached hydrogens (primary N) is 1. The van der Waals surface area contributed by atoms with Crippen molar-refractivity contribution in [2.75, 3.05) is 0 Å². The van der Waals surface area contributed by atoms with Crippen molar-refractivity contribution in [2.24, 2.45) is 5.73 Å².